The molecule has 0 saturated heterocycles. The number of hydrogen-bond acceptors (Lipinski definition) is 3. The van der Waals surface area contributed by atoms with Crippen molar-refractivity contribution in [2.45, 2.75) is 13.8 Å². The zero-order chi connectivity index (χ0) is 14.5. The Morgan fingerprint density at radius 3 is 2.60 bits per heavy atom. The summed E-state index contributed by atoms with van der Waals surface area (Å²) in [5.74, 6) is 0.533. The van der Waals surface area contributed by atoms with Gasteiger partial charge in [-0.3, -0.25) is 4.79 Å². The summed E-state index contributed by atoms with van der Waals surface area (Å²) in [7, 11) is 0. The Bertz CT molecular complexity index is 611. The molecule has 0 aliphatic heterocycles. The summed E-state index contributed by atoms with van der Waals surface area (Å²) in [5, 5.41) is 6.57. The second kappa shape index (κ2) is 6.39. The molecule has 4 nitrogen and oxygen atoms in total. The number of rotatable bonds is 4. The van der Waals surface area contributed by atoms with E-state index in [1.165, 1.54) is 0 Å². The van der Waals surface area contributed by atoms with Gasteiger partial charge in [0.2, 0.25) is 0 Å². The van der Waals surface area contributed by atoms with Crippen molar-refractivity contribution in [1.82, 2.24) is 4.98 Å². The fourth-order valence-electron chi connectivity index (χ4n) is 1.81. The van der Waals surface area contributed by atoms with Crippen LogP contribution < -0.4 is 10.6 Å². The van der Waals surface area contributed by atoms with Gasteiger partial charge in [0.1, 0.15) is 5.82 Å². The van der Waals surface area contributed by atoms with Crippen molar-refractivity contribution in [3.05, 3.63) is 52.7 Å². The van der Waals surface area contributed by atoms with Gasteiger partial charge in [-0.2, -0.15) is 0 Å². The van der Waals surface area contributed by atoms with Gasteiger partial charge in [0.25, 0.3) is 5.91 Å². The summed E-state index contributed by atoms with van der Waals surface area (Å²) in [4.78, 5) is 16.5. The van der Waals surface area contributed by atoms with Crippen molar-refractivity contribution in [3.63, 3.8) is 0 Å². The van der Waals surface area contributed by atoms with Gasteiger partial charge in [0.05, 0.1) is 0 Å². The van der Waals surface area contributed by atoms with Gasteiger partial charge in [-0.15, -0.1) is 0 Å². The summed E-state index contributed by atoms with van der Waals surface area (Å²) in [6.07, 6.45) is 0. The minimum atomic E-state index is -0.169. The van der Waals surface area contributed by atoms with Crippen LogP contribution in [0.1, 0.15) is 23.0 Å². The third-order valence-electron chi connectivity index (χ3n) is 2.68. The molecule has 0 atom stereocenters. The zero-order valence-electron chi connectivity index (χ0n) is 11.4. The second-order valence-corrected chi connectivity index (χ2v) is 4.81. The number of nitrogens with zero attached hydrogens (tertiary/aromatic N) is 1. The van der Waals surface area contributed by atoms with Crippen molar-refractivity contribution in [2.24, 2.45) is 0 Å². The van der Waals surface area contributed by atoms with E-state index in [1.807, 2.05) is 13.8 Å². The second-order valence-electron chi connectivity index (χ2n) is 4.37. The van der Waals surface area contributed by atoms with Crippen LogP contribution in [-0.2, 0) is 0 Å². The normalized spacial score (nSPS) is 10.2. The molecule has 20 heavy (non-hydrogen) atoms. The van der Waals surface area contributed by atoms with Crippen LogP contribution in [0.15, 0.2) is 36.4 Å². The molecule has 2 N–H and O–H groups in total. The molecule has 0 unspecified atom stereocenters. The van der Waals surface area contributed by atoms with Gasteiger partial charge in [0, 0.05) is 28.5 Å². The predicted molar refractivity (Wildman–Crippen MR) is 82.5 cm³/mol. The van der Waals surface area contributed by atoms with Crippen LogP contribution >= 0.6 is 11.6 Å². The molecule has 1 aromatic heterocycles. The van der Waals surface area contributed by atoms with Crippen LogP contribution in [-0.4, -0.2) is 17.4 Å². The highest BCUT2D eigenvalue weighted by molar-refractivity contribution is 6.30. The minimum Gasteiger partial charge on any atom is -0.370 e. The molecule has 0 aliphatic rings. The Labute approximate surface area is 123 Å². The van der Waals surface area contributed by atoms with Gasteiger partial charge in [-0.1, -0.05) is 11.6 Å². The standard InChI is InChI=1S/C15H16ClN3O/c1-3-17-14-9-11(8-10(2)18-14)15(20)19-13-6-4-12(16)5-7-13/h4-9H,3H2,1-2H3,(H,17,18)(H,19,20). The molecule has 2 aromatic rings. The number of hydrogen-bond donors (Lipinski definition) is 2. The van der Waals surface area contributed by atoms with Gasteiger partial charge < -0.3 is 10.6 Å². The topological polar surface area (TPSA) is 54.0 Å². The van der Waals surface area contributed by atoms with E-state index >= 15 is 0 Å². The van der Waals surface area contributed by atoms with Crippen LogP contribution in [0.4, 0.5) is 11.5 Å². The number of pyridine rings is 1. The first-order valence-electron chi connectivity index (χ1n) is 6.38. The Balaban J connectivity index is 2.18. The molecular weight excluding hydrogens is 274 g/mol. The number of aromatic nitrogens is 1. The summed E-state index contributed by atoms with van der Waals surface area (Å²) in [5.41, 5.74) is 2.08. The zero-order valence-corrected chi connectivity index (χ0v) is 12.2. The fraction of sp³-hybridized carbons (Fsp3) is 0.200. The Morgan fingerprint density at radius 1 is 1.25 bits per heavy atom. The van der Waals surface area contributed by atoms with Crippen LogP contribution in [0.3, 0.4) is 0 Å². The number of carbonyl (C=O) groups is 1. The third-order valence-corrected chi connectivity index (χ3v) is 2.93. The molecule has 0 radical (unpaired) electrons. The van der Waals surface area contributed by atoms with E-state index in [2.05, 4.69) is 15.6 Å². The fourth-order valence-corrected chi connectivity index (χ4v) is 1.93. The third kappa shape index (κ3) is 3.71. The summed E-state index contributed by atoms with van der Waals surface area (Å²) < 4.78 is 0. The Kier molecular flexibility index (Phi) is 4.58. The average molecular weight is 290 g/mol. The Morgan fingerprint density at radius 2 is 1.95 bits per heavy atom. The van der Waals surface area contributed by atoms with E-state index in [9.17, 15) is 4.79 Å². The van der Waals surface area contributed by atoms with E-state index in [0.717, 1.165) is 12.2 Å². The Hall–Kier alpha value is -2.07. The van der Waals surface area contributed by atoms with Crippen molar-refractivity contribution in [2.75, 3.05) is 17.2 Å². The molecular formula is C15H16ClN3O. The quantitative estimate of drug-likeness (QED) is 0.902. The first kappa shape index (κ1) is 14.3. The van der Waals surface area contributed by atoms with E-state index in [1.54, 1.807) is 36.4 Å². The lowest BCUT2D eigenvalue weighted by atomic mass is 10.2. The number of amides is 1. The van der Waals surface area contributed by atoms with Crippen molar-refractivity contribution in [3.8, 4) is 0 Å². The number of anilines is 2. The van der Waals surface area contributed by atoms with Crippen LogP contribution in [0.5, 0.6) is 0 Å². The largest absolute Gasteiger partial charge is 0.370 e. The van der Waals surface area contributed by atoms with Crippen LogP contribution in [0.2, 0.25) is 5.02 Å². The molecule has 1 heterocycles. The summed E-state index contributed by atoms with van der Waals surface area (Å²) in [6, 6.07) is 10.5. The molecule has 0 aliphatic carbocycles. The monoisotopic (exact) mass is 289 g/mol. The van der Waals surface area contributed by atoms with E-state index in [-0.39, 0.29) is 5.91 Å². The lowest BCUT2D eigenvalue weighted by molar-refractivity contribution is 0.102. The van der Waals surface area contributed by atoms with Gasteiger partial charge >= 0.3 is 0 Å². The number of aryl methyl sites for hydroxylation is 1. The van der Waals surface area contributed by atoms with E-state index < -0.39 is 0 Å². The molecule has 1 amide bonds. The van der Waals surface area contributed by atoms with Gasteiger partial charge in [-0.25, -0.2) is 4.98 Å². The molecule has 0 fully saturated rings. The lowest BCUT2D eigenvalue weighted by Crippen LogP contribution is -2.13. The maximum Gasteiger partial charge on any atom is 0.255 e. The number of carbonyl (C=O) groups excluding carboxylic acids is 1. The molecule has 0 saturated carbocycles. The van der Waals surface area contributed by atoms with Gasteiger partial charge in [-0.05, 0) is 50.2 Å². The smallest absolute Gasteiger partial charge is 0.255 e. The SMILES string of the molecule is CCNc1cc(C(=O)Nc2ccc(Cl)cc2)cc(C)n1. The molecule has 104 valence electrons. The predicted octanol–water partition coefficient (Wildman–Crippen LogP) is 3.73. The van der Waals surface area contributed by atoms with E-state index in [4.69, 9.17) is 11.6 Å². The maximum absolute atomic E-state index is 12.2. The molecule has 2 rings (SSSR count). The molecule has 0 bridgehead atoms. The highest BCUT2D eigenvalue weighted by Gasteiger charge is 2.09. The molecule has 0 spiro atoms. The summed E-state index contributed by atoms with van der Waals surface area (Å²) >= 11 is 5.81. The highest BCUT2D eigenvalue weighted by atomic mass is 35.5. The van der Waals surface area contributed by atoms with Crippen molar-refractivity contribution in [1.29, 1.82) is 0 Å². The van der Waals surface area contributed by atoms with E-state index in [0.29, 0.717) is 22.1 Å². The van der Waals surface area contributed by atoms with Crippen molar-refractivity contribution < 1.29 is 4.79 Å². The number of halogens is 1. The van der Waals surface area contributed by atoms with Gasteiger partial charge in [0.15, 0.2) is 0 Å². The average Bonchev–Trinajstić information content (AvgIpc) is 2.41. The highest BCUT2D eigenvalue weighted by Crippen LogP contribution is 2.16. The first-order chi connectivity index (χ1) is 9.58. The first-order valence-corrected chi connectivity index (χ1v) is 6.76. The number of nitrogens with one attached hydrogen (secondary N) is 2. The minimum absolute atomic E-state index is 0.169. The molecule has 1 aromatic carbocycles. The lowest BCUT2D eigenvalue weighted by Gasteiger charge is -2.09. The molecule has 5 heteroatoms. The van der Waals surface area contributed by atoms with Crippen LogP contribution in [0.25, 0.3) is 0 Å². The van der Waals surface area contributed by atoms with Crippen LogP contribution in [0, 0.1) is 6.92 Å². The summed E-state index contributed by atoms with van der Waals surface area (Å²) in [6.45, 7) is 4.60. The van der Waals surface area contributed by atoms with Crippen molar-refractivity contribution >= 4 is 29.0 Å². The number of benzene rings is 1. The maximum atomic E-state index is 12.2.